The van der Waals surface area contributed by atoms with E-state index in [-0.39, 0.29) is 12.1 Å². The Morgan fingerprint density at radius 1 is 1.40 bits per heavy atom. The molecule has 0 amide bonds. The monoisotopic (exact) mass is 272 g/mol. The topological polar surface area (TPSA) is 61.2 Å². The highest BCUT2D eigenvalue weighted by atomic mass is 16.5. The van der Waals surface area contributed by atoms with Gasteiger partial charge in [0.15, 0.2) is 6.29 Å². The van der Waals surface area contributed by atoms with Gasteiger partial charge in [0, 0.05) is 6.20 Å². The van der Waals surface area contributed by atoms with Crippen LogP contribution in [0.2, 0.25) is 0 Å². The summed E-state index contributed by atoms with van der Waals surface area (Å²) in [7, 11) is 0. The second-order valence-electron chi connectivity index (χ2n) is 4.74. The van der Waals surface area contributed by atoms with E-state index in [1.54, 1.807) is 49.8 Å². The zero-order valence-corrected chi connectivity index (χ0v) is 11.7. The third-order valence-corrected chi connectivity index (χ3v) is 2.75. The van der Waals surface area contributed by atoms with E-state index in [9.17, 15) is 9.59 Å². The van der Waals surface area contributed by atoms with Crippen LogP contribution in [-0.4, -0.2) is 28.1 Å². The standard InChI is InChI=1S/C15H16N2O3/c1-10(2)20-15(19)12-5-4-6-14(7-12)17-8-13(9-18)11(3)16-17/h4-10H,1-3H3. The van der Waals surface area contributed by atoms with Crippen LogP contribution in [0.1, 0.15) is 40.3 Å². The lowest BCUT2D eigenvalue weighted by Gasteiger charge is -2.09. The Labute approximate surface area is 117 Å². The number of hydrogen-bond donors (Lipinski definition) is 0. The predicted molar refractivity (Wildman–Crippen MR) is 74.2 cm³/mol. The molecule has 0 saturated carbocycles. The highest BCUT2D eigenvalue weighted by Gasteiger charge is 2.11. The Morgan fingerprint density at radius 3 is 2.75 bits per heavy atom. The van der Waals surface area contributed by atoms with Gasteiger partial charge in [-0.2, -0.15) is 5.10 Å². The van der Waals surface area contributed by atoms with E-state index < -0.39 is 0 Å². The summed E-state index contributed by atoms with van der Waals surface area (Å²) in [5, 5.41) is 4.25. The first-order valence-electron chi connectivity index (χ1n) is 6.34. The molecule has 0 N–H and O–H groups in total. The first-order chi connectivity index (χ1) is 9.51. The maximum Gasteiger partial charge on any atom is 0.338 e. The molecule has 20 heavy (non-hydrogen) atoms. The molecule has 104 valence electrons. The lowest BCUT2D eigenvalue weighted by molar-refractivity contribution is 0.0378. The molecule has 0 aliphatic heterocycles. The number of aromatic nitrogens is 2. The summed E-state index contributed by atoms with van der Waals surface area (Å²) in [4.78, 5) is 22.7. The molecule has 0 radical (unpaired) electrons. The minimum atomic E-state index is -0.374. The number of rotatable bonds is 4. The van der Waals surface area contributed by atoms with Crippen molar-refractivity contribution in [3.8, 4) is 5.69 Å². The van der Waals surface area contributed by atoms with E-state index >= 15 is 0 Å². The molecule has 0 aliphatic carbocycles. The van der Waals surface area contributed by atoms with Crippen LogP contribution in [0.5, 0.6) is 0 Å². The molecule has 0 aliphatic rings. The van der Waals surface area contributed by atoms with Crippen molar-refractivity contribution >= 4 is 12.3 Å². The smallest absolute Gasteiger partial charge is 0.338 e. The summed E-state index contributed by atoms with van der Waals surface area (Å²) in [6.07, 6.45) is 2.23. The van der Waals surface area contributed by atoms with Crippen LogP contribution in [0.4, 0.5) is 0 Å². The number of nitrogens with zero attached hydrogens (tertiary/aromatic N) is 2. The van der Waals surface area contributed by atoms with Crippen LogP contribution in [0.3, 0.4) is 0 Å². The van der Waals surface area contributed by atoms with Gasteiger partial charge in [-0.1, -0.05) is 6.07 Å². The fourth-order valence-electron chi connectivity index (χ4n) is 1.78. The number of carbonyl (C=O) groups excluding carboxylic acids is 2. The molecule has 5 nitrogen and oxygen atoms in total. The molecular weight excluding hydrogens is 256 g/mol. The average Bonchev–Trinajstić information content (AvgIpc) is 2.79. The molecule has 1 aromatic heterocycles. The van der Waals surface area contributed by atoms with E-state index in [1.165, 1.54) is 0 Å². The molecule has 2 aromatic rings. The fourth-order valence-corrected chi connectivity index (χ4v) is 1.78. The summed E-state index contributed by atoms with van der Waals surface area (Å²) in [6.45, 7) is 5.36. The normalized spacial score (nSPS) is 10.6. The highest BCUT2D eigenvalue weighted by Crippen LogP contribution is 2.14. The molecule has 1 heterocycles. The summed E-state index contributed by atoms with van der Waals surface area (Å²) in [5.41, 5.74) is 2.34. The number of ether oxygens (including phenoxy) is 1. The molecule has 0 bridgehead atoms. The van der Waals surface area contributed by atoms with Crippen LogP contribution in [-0.2, 0) is 4.74 Å². The van der Waals surface area contributed by atoms with Crippen LogP contribution >= 0.6 is 0 Å². The lowest BCUT2D eigenvalue weighted by Crippen LogP contribution is -2.12. The number of carbonyl (C=O) groups is 2. The summed E-state index contributed by atoms with van der Waals surface area (Å²) in [6, 6.07) is 6.94. The maximum absolute atomic E-state index is 11.9. The van der Waals surface area contributed by atoms with Gasteiger partial charge in [-0.25, -0.2) is 9.48 Å². The van der Waals surface area contributed by atoms with Crippen molar-refractivity contribution in [2.75, 3.05) is 0 Å². The molecule has 0 unspecified atom stereocenters. The van der Waals surface area contributed by atoms with Crippen LogP contribution in [0.25, 0.3) is 5.69 Å². The molecule has 0 atom stereocenters. The van der Waals surface area contributed by atoms with Gasteiger partial charge in [-0.05, 0) is 39.0 Å². The molecular formula is C15H16N2O3. The van der Waals surface area contributed by atoms with Crippen LogP contribution < -0.4 is 0 Å². The SMILES string of the molecule is Cc1nn(-c2cccc(C(=O)OC(C)C)c2)cc1C=O. The van der Waals surface area contributed by atoms with Gasteiger partial charge in [-0.15, -0.1) is 0 Å². The molecule has 1 aromatic carbocycles. The first-order valence-corrected chi connectivity index (χ1v) is 6.34. The summed E-state index contributed by atoms with van der Waals surface area (Å²) >= 11 is 0. The third-order valence-electron chi connectivity index (χ3n) is 2.75. The predicted octanol–water partition coefficient (Wildman–Crippen LogP) is 2.56. The Balaban J connectivity index is 2.33. The van der Waals surface area contributed by atoms with E-state index in [0.717, 1.165) is 6.29 Å². The van der Waals surface area contributed by atoms with Crippen molar-refractivity contribution in [2.24, 2.45) is 0 Å². The largest absolute Gasteiger partial charge is 0.459 e. The minimum Gasteiger partial charge on any atom is -0.459 e. The highest BCUT2D eigenvalue weighted by molar-refractivity contribution is 5.90. The van der Waals surface area contributed by atoms with Crippen LogP contribution in [0.15, 0.2) is 30.5 Å². The lowest BCUT2D eigenvalue weighted by atomic mass is 10.2. The van der Waals surface area contributed by atoms with Gasteiger partial charge in [0.05, 0.1) is 28.6 Å². The maximum atomic E-state index is 11.9. The number of aryl methyl sites for hydroxylation is 1. The Kier molecular flexibility index (Phi) is 3.98. The van der Waals surface area contributed by atoms with E-state index in [0.29, 0.717) is 22.5 Å². The molecule has 0 fully saturated rings. The zero-order valence-electron chi connectivity index (χ0n) is 11.7. The number of esters is 1. The first kappa shape index (κ1) is 14.0. The van der Waals surface area contributed by atoms with Crippen molar-refractivity contribution < 1.29 is 14.3 Å². The zero-order chi connectivity index (χ0) is 14.7. The Bertz CT molecular complexity index is 644. The number of benzene rings is 1. The minimum absolute atomic E-state index is 0.167. The van der Waals surface area contributed by atoms with Crippen molar-refractivity contribution in [3.05, 3.63) is 47.3 Å². The number of hydrogen-bond acceptors (Lipinski definition) is 4. The molecule has 2 rings (SSSR count). The Hall–Kier alpha value is -2.43. The average molecular weight is 272 g/mol. The van der Waals surface area contributed by atoms with Crippen LogP contribution in [0, 0.1) is 6.92 Å². The van der Waals surface area contributed by atoms with Crippen molar-refractivity contribution in [1.29, 1.82) is 0 Å². The fraction of sp³-hybridized carbons (Fsp3) is 0.267. The van der Waals surface area contributed by atoms with Gasteiger partial charge in [0.2, 0.25) is 0 Å². The van der Waals surface area contributed by atoms with Crippen molar-refractivity contribution in [1.82, 2.24) is 9.78 Å². The number of aldehydes is 1. The molecule has 0 spiro atoms. The third kappa shape index (κ3) is 2.93. The van der Waals surface area contributed by atoms with Crippen molar-refractivity contribution in [2.45, 2.75) is 26.9 Å². The van der Waals surface area contributed by atoms with E-state index in [4.69, 9.17) is 4.74 Å². The van der Waals surface area contributed by atoms with Gasteiger partial charge >= 0.3 is 5.97 Å². The van der Waals surface area contributed by atoms with Gasteiger partial charge in [0.25, 0.3) is 0 Å². The second kappa shape index (κ2) is 5.69. The summed E-state index contributed by atoms with van der Waals surface area (Å²) < 4.78 is 6.73. The van der Waals surface area contributed by atoms with Gasteiger partial charge < -0.3 is 4.74 Å². The summed E-state index contributed by atoms with van der Waals surface area (Å²) in [5.74, 6) is -0.374. The van der Waals surface area contributed by atoms with Gasteiger partial charge in [0.1, 0.15) is 0 Å². The van der Waals surface area contributed by atoms with Crippen molar-refractivity contribution in [3.63, 3.8) is 0 Å². The van der Waals surface area contributed by atoms with E-state index in [1.807, 2.05) is 6.07 Å². The van der Waals surface area contributed by atoms with E-state index in [2.05, 4.69) is 5.10 Å². The molecule has 0 saturated heterocycles. The second-order valence-corrected chi connectivity index (χ2v) is 4.74. The molecule has 5 heteroatoms. The quantitative estimate of drug-likeness (QED) is 0.634. The Morgan fingerprint density at radius 2 is 2.15 bits per heavy atom. The van der Waals surface area contributed by atoms with Gasteiger partial charge in [-0.3, -0.25) is 4.79 Å².